The van der Waals surface area contributed by atoms with Gasteiger partial charge >= 0.3 is 12.1 Å². The summed E-state index contributed by atoms with van der Waals surface area (Å²) in [6, 6.07) is 0. The van der Waals surface area contributed by atoms with Gasteiger partial charge in [0.15, 0.2) is 5.41 Å². The van der Waals surface area contributed by atoms with Crippen molar-refractivity contribution in [2.75, 3.05) is 0 Å². The number of ether oxygens (including phenoxy) is 1. The molecule has 1 unspecified atom stereocenters. The topological polar surface area (TPSA) is 26.3 Å². The number of halogens is 3. The van der Waals surface area contributed by atoms with Crippen LogP contribution in [0.5, 0.6) is 0 Å². The van der Waals surface area contributed by atoms with Crippen molar-refractivity contribution in [3.63, 3.8) is 0 Å². The molecule has 0 aromatic rings. The molecule has 0 heterocycles. The Morgan fingerprint density at radius 2 is 1.56 bits per heavy atom. The fourth-order valence-corrected chi connectivity index (χ4v) is 1.65. The van der Waals surface area contributed by atoms with Crippen molar-refractivity contribution in [1.82, 2.24) is 0 Å². The zero-order chi connectivity index (χ0) is 14.4. The van der Waals surface area contributed by atoms with Gasteiger partial charge in [0.1, 0.15) is 6.10 Å². The molecular weight excluding hydrogens is 245 g/mol. The van der Waals surface area contributed by atoms with E-state index in [1.807, 2.05) is 13.8 Å². The Kier molecular flexibility index (Phi) is 6.71. The SMILES string of the molecule is CCCC(CCC)OC(=O)C(C)(CC)C(F)(F)F. The van der Waals surface area contributed by atoms with Crippen LogP contribution in [0.3, 0.4) is 0 Å². The van der Waals surface area contributed by atoms with Crippen LogP contribution in [0, 0.1) is 5.41 Å². The standard InChI is InChI=1S/C13H23F3O2/c1-5-8-10(9-6-2)18-11(17)12(4,7-3)13(14,15)16/h10H,5-9H2,1-4H3. The van der Waals surface area contributed by atoms with Gasteiger partial charge < -0.3 is 4.74 Å². The van der Waals surface area contributed by atoms with Crippen molar-refractivity contribution in [2.24, 2.45) is 5.41 Å². The Bertz CT molecular complexity index is 257. The molecular formula is C13H23F3O2. The van der Waals surface area contributed by atoms with E-state index in [1.54, 1.807) is 0 Å². The smallest absolute Gasteiger partial charge is 0.404 e. The van der Waals surface area contributed by atoms with Crippen molar-refractivity contribution in [3.05, 3.63) is 0 Å². The van der Waals surface area contributed by atoms with Crippen LogP contribution in [0.15, 0.2) is 0 Å². The second-order valence-corrected chi connectivity index (χ2v) is 4.79. The van der Waals surface area contributed by atoms with Crippen molar-refractivity contribution in [3.8, 4) is 0 Å². The maximum atomic E-state index is 12.9. The van der Waals surface area contributed by atoms with Gasteiger partial charge in [-0.05, 0) is 26.2 Å². The minimum atomic E-state index is -4.57. The van der Waals surface area contributed by atoms with Gasteiger partial charge in [0.2, 0.25) is 0 Å². The number of carbonyl (C=O) groups is 1. The number of esters is 1. The second kappa shape index (κ2) is 7.00. The number of alkyl halides is 3. The van der Waals surface area contributed by atoms with Crippen molar-refractivity contribution < 1.29 is 22.7 Å². The van der Waals surface area contributed by atoms with Crippen LogP contribution in [-0.4, -0.2) is 18.2 Å². The number of hydrogen-bond acceptors (Lipinski definition) is 2. The fourth-order valence-electron chi connectivity index (χ4n) is 1.65. The lowest BCUT2D eigenvalue weighted by atomic mass is 9.87. The largest absolute Gasteiger partial charge is 0.462 e. The molecule has 0 N–H and O–H groups in total. The molecule has 0 amide bonds. The molecule has 0 saturated heterocycles. The first-order chi connectivity index (χ1) is 8.22. The molecule has 0 aromatic heterocycles. The Morgan fingerprint density at radius 3 is 1.83 bits per heavy atom. The predicted molar refractivity (Wildman–Crippen MR) is 64.1 cm³/mol. The minimum absolute atomic E-state index is 0.305. The molecule has 108 valence electrons. The predicted octanol–water partition coefficient (Wildman–Crippen LogP) is 4.48. The monoisotopic (exact) mass is 268 g/mol. The van der Waals surface area contributed by atoms with Gasteiger partial charge in [-0.2, -0.15) is 13.2 Å². The van der Waals surface area contributed by atoms with Gasteiger partial charge in [0.05, 0.1) is 0 Å². The Morgan fingerprint density at radius 1 is 1.11 bits per heavy atom. The van der Waals surface area contributed by atoms with Crippen molar-refractivity contribution in [2.45, 2.75) is 72.1 Å². The van der Waals surface area contributed by atoms with Crippen LogP contribution in [0.1, 0.15) is 59.8 Å². The molecule has 0 spiro atoms. The molecule has 0 fully saturated rings. The Labute approximate surface area is 107 Å². The van der Waals surface area contributed by atoms with Crippen LogP contribution in [-0.2, 0) is 9.53 Å². The van der Waals surface area contributed by atoms with Crippen LogP contribution in [0.2, 0.25) is 0 Å². The number of carbonyl (C=O) groups excluding carboxylic acids is 1. The summed E-state index contributed by atoms with van der Waals surface area (Å²) in [6.07, 6.45) is -2.49. The van der Waals surface area contributed by atoms with Crippen molar-refractivity contribution >= 4 is 5.97 Å². The summed E-state index contributed by atoms with van der Waals surface area (Å²) in [5, 5.41) is 0. The summed E-state index contributed by atoms with van der Waals surface area (Å²) in [7, 11) is 0. The molecule has 1 atom stereocenters. The molecule has 5 heteroatoms. The summed E-state index contributed by atoms with van der Waals surface area (Å²) in [6.45, 7) is 6.09. The molecule has 0 aliphatic carbocycles. The highest BCUT2D eigenvalue weighted by molar-refractivity contribution is 5.77. The highest BCUT2D eigenvalue weighted by Gasteiger charge is 2.56. The number of rotatable bonds is 7. The second-order valence-electron chi connectivity index (χ2n) is 4.79. The minimum Gasteiger partial charge on any atom is -0.462 e. The van der Waals surface area contributed by atoms with Crippen LogP contribution < -0.4 is 0 Å². The summed E-state index contributed by atoms with van der Waals surface area (Å²) in [5.74, 6) is -1.15. The first kappa shape index (κ1) is 17.3. The highest BCUT2D eigenvalue weighted by Crippen LogP contribution is 2.42. The van der Waals surface area contributed by atoms with Crippen LogP contribution in [0.4, 0.5) is 13.2 Å². The van der Waals surface area contributed by atoms with Crippen molar-refractivity contribution in [1.29, 1.82) is 0 Å². The fraction of sp³-hybridized carbons (Fsp3) is 0.923. The van der Waals surface area contributed by atoms with E-state index < -0.39 is 23.7 Å². The first-order valence-corrected chi connectivity index (χ1v) is 6.50. The summed E-state index contributed by atoms with van der Waals surface area (Å²) in [4.78, 5) is 11.8. The summed E-state index contributed by atoms with van der Waals surface area (Å²) >= 11 is 0. The van der Waals surface area contributed by atoms with Crippen LogP contribution in [0.25, 0.3) is 0 Å². The maximum absolute atomic E-state index is 12.9. The zero-order valence-electron chi connectivity index (χ0n) is 11.6. The van der Waals surface area contributed by atoms with Gasteiger partial charge in [-0.15, -0.1) is 0 Å². The molecule has 0 aliphatic rings. The third-order valence-electron chi connectivity index (χ3n) is 3.28. The van der Waals surface area contributed by atoms with E-state index in [-0.39, 0.29) is 6.42 Å². The van der Waals surface area contributed by atoms with Gasteiger partial charge in [-0.25, -0.2) is 0 Å². The van der Waals surface area contributed by atoms with E-state index in [0.717, 1.165) is 19.8 Å². The molecule has 0 aromatic carbocycles. The molecule has 0 rings (SSSR count). The average molecular weight is 268 g/mol. The van der Waals surface area contributed by atoms with Gasteiger partial charge in [0, 0.05) is 0 Å². The lowest BCUT2D eigenvalue weighted by Crippen LogP contribution is -2.44. The van der Waals surface area contributed by atoms with E-state index in [0.29, 0.717) is 12.8 Å². The Balaban J connectivity index is 4.79. The summed E-state index contributed by atoms with van der Waals surface area (Å²) < 4.78 is 43.7. The molecule has 18 heavy (non-hydrogen) atoms. The van der Waals surface area contributed by atoms with Gasteiger partial charge in [-0.1, -0.05) is 33.6 Å². The zero-order valence-corrected chi connectivity index (χ0v) is 11.6. The van der Waals surface area contributed by atoms with Gasteiger partial charge in [-0.3, -0.25) is 4.79 Å². The highest BCUT2D eigenvalue weighted by atomic mass is 19.4. The quantitative estimate of drug-likeness (QED) is 0.636. The van der Waals surface area contributed by atoms with E-state index in [2.05, 4.69) is 0 Å². The third kappa shape index (κ3) is 4.18. The third-order valence-corrected chi connectivity index (χ3v) is 3.28. The van der Waals surface area contributed by atoms with E-state index in [9.17, 15) is 18.0 Å². The normalized spacial score (nSPS) is 15.6. The maximum Gasteiger partial charge on any atom is 0.404 e. The molecule has 0 aliphatic heterocycles. The average Bonchev–Trinajstić information content (AvgIpc) is 2.26. The lowest BCUT2D eigenvalue weighted by Gasteiger charge is -2.30. The Hall–Kier alpha value is -0.740. The molecule has 0 bridgehead atoms. The molecule has 2 nitrogen and oxygen atoms in total. The van der Waals surface area contributed by atoms with Crippen LogP contribution >= 0.6 is 0 Å². The molecule has 0 saturated carbocycles. The van der Waals surface area contributed by atoms with E-state index in [4.69, 9.17) is 4.74 Å². The van der Waals surface area contributed by atoms with E-state index >= 15 is 0 Å². The van der Waals surface area contributed by atoms with E-state index in [1.165, 1.54) is 6.92 Å². The van der Waals surface area contributed by atoms with Gasteiger partial charge in [0.25, 0.3) is 0 Å². The lowest BCUT2D eigenvalue weighted by molar-refractivity contribution is -0.233. The molecule has 0 radical (unpaired) electrons. The number of hydrogen-bond donors (Lipinski definition) is 0. The first-order valence-electron chi connectivity index (χ1n) is 6.50. The summed E-state index contributed by atoms with van der Waals surface area (Å²) in [5.41, 5.74) is -2.40.